The maximum Gasteiger partial charge on any atom is 0.139 e. The van der Waals surface area contributed by atoms with Gasteiger partial charge in [0.1, 0.15) is 16.6 Å². The van der Waals surface area contributed by atoms with Crippen LogP contribution in [0.2, 0.25) is 0 Å². The van der Waals surface area contributed by atoms with Gasteiger partial charge in [-0.3, -0.25) is 5.41 Å². The summed E-state index contributed by atoms with van der Waals surface area (Å²) in [7, 11) is 0. The third-order valence-electron chi connectivity index (χ3n) is 3.73. The van der Waals surface area contributed by atoms with Gasteiger partial charge in [-0.1, -0.05) is 22.0 Å². The molecule has 0 amide bonds. The van der Waals surface area contributed by atoms with E-state index in [4.69, 9.17) is 5.41 Å². The van der Waals surface area contributed by atoms with E-state index in [9.17, 15) is 5.11 Å². The van der Waals surface area contributed by atoms with Gasteiger partial charge in [-0.25, -0.2) is 4.98 Å². The Labute approximate surface area is 155 Å². The van der Waals surface area contributed by atoms with Crippen LogP contribution >= 0.6 is 38.6 Å². The molecule has 3 aromatic rings. The molecule has 120 valence electrons. The third-order valence-corrected chi connectivity index (χ3v) is 6.01. The van der Waals surface area contributed by atoms with Gasteiger partial charge in [-0.2, -0.15) is 0 Å². The predicted octanol–water partition coefficient (Wildman–Crippen LogP) is 5.40. The minimum Gasteiger partial charge on any atom is -0.510 e. The van der Waals surface area contributed by atoms with Crippen molar-refractivity contribution < 1.29 is 5.11 Å². The molecule has 7 heteroatoms. The fraction of sp³-hybridized carbons (Fsp3) is 0.0588. The van der Waals surface area contributed by atoms with Gasteiger partial charge in [0, 0.05) is 15.5 Å². The molecule has 0 bridgehead atoms. The molecular weight excluding hydrogens is 406 g/mol. The van der Waals surface area contributed by atoms with Crippen LogP contribution in [0, 0.1) is 5.41 Å². The minimum absolute atomic E-state index is 0.190. The first kappa shape index (κ1) is 15.6. The lowest BCUT2D eigenvalue weighted by Gasteiger charge is -2.18. The van der Waals surface area contributed by atoms with Crippen molar-refractivity contribution in [3.05, 3.63) is 62.4 Å². The first-order valence-corrected chi connectivity index (χ1v) is 9.72. The van der Waals surface area contributed by atoms with E-state index in [1.165, 1.54) is 11.3 Å². The van der Waals surface area contributed by atoms with E-state index in [1.54, 1.807) is 16.2 Å². The number of amidine groups is 1. The summed E-state index contributed by atoms with van der Waals surface area (Å²) in [6.07, 6.45) is 0. The topological polar surface area (TPSA) is 60.2 Å². The Balaban J connectivity index is 1.65. The van der Waals surface area contributed by atoms with Crippen LogP contribution in [-0.2, 0) is 0 Å². The van der Waals surface area contributed by atoms with E-state index in [1.807, 2.05) is 47.2 Å². The third kappa shape index (κ3) is 2.68. The summed E-state index contributed by atoms with van der Waals surface area (Å²) in [6.45, 7) is 0.295. The van der Waals surface area contributed by atoms with Crippen molar-refractivity contribution in [1.82, 2.24) is 4.98 Å². The van der Waals surface area contributed by atoms with E-state index in [-0.39, 0.29) is 11.6 Å². The highest BCUT2D eigenvalue weighted by molar-refractivity contribution is 9.10. The second kappa shape index (κ2) is 6.16. The Kier molecular flexibility index (Phi) is 3.99. The van der Waals surface area contributed by atoms with Crippen LogP contribution in [0.3, 0.4) is 0 Å². The van der Waals surface area contributed by atoms with Gasteiger partial charge in [-0.15, -0.1) is 22.7 Å². The van der Waals surface area contributed by atoms with Crippen LogP contribution in [-0.4, -0.2) is 22.5 Å². The Hall–Kier alpha value is -1.96. The molecule has 1 aliphatic heterocycles. The van der Waals surface area contributed by atoms with Crippen LogP contribution in [0.5, 0.6) is 0 Å². The number of benzene rings is 1. The number of aromatic nitrogens is 1. The number of rotatable bonds is 3. The molecule has 1 aromatic carbocycles. The molecule has 0 unspecified atom stereocenters. The van der Waals surface area contributed by atoms with E-state index < -0.39 is 0 Å². The number of anilines is 1. The van der Waals surface area contributed by atoms with Crippen LogP contribution < -0.4 is 4.90 Å². The van der Waals surface area contributed by atoms with Crippen LogP contribution in [0.25, 0.3) is 16.1 Å². The number of hydrogen-bond donors (Lipinski definition) is 2. The maximum atomic E-state index is 10.4. The van der Waals surface area contributed by atoms with Crippen molar-refractivity contribution in [2.45, 2.75) is 0 Å². The largest absolute Gasteiger partial charge is 0.510 e. The SMILES string of the molecule is N=C1C(c2nc(-c3cccs3)cs2)=C(O)CN1c1ccc(Br)cc1. The zero-order valence-electron chi connectivity index (χ0n) is 12.4. The summed E-state index contributed by atoms with van der Waals surface area (Å²) >= 11 is 6.50. The average molecular weight is 418 g/mol. The first-order valence-electron chi connectivity index (χ1n) is 7.17. The molecular formula is C17H12BrN3OS2. The number of aliphatic hydroxyl groups is 1. The Bertz CT molecular complexity index is 929. The molecule has 0 saturated heterocycles. The highest BCUT2D eigenvalue weighted by Crippen LogP contribution is 2.35. The lowest BCUT2D eigenvalue weighted by molar-refractivity contribution is 0.411. The lowest BCUT2D eigenvalue weighted by atomic mass is 10.2. The maximum absolute atomic E-state index is 10.4. The lowest BCUT2D eigenvalue weighted by Crippen LogP contribution is -2.25. The van der Waals surface area contributed by atoms with Crippen molar-refractivity contribution in [3.8, 4) is 10.6 Å². The van der Waals surface area contributed by atoms with E-state index in [0.29, 0.717) is 17.1 Å². The number of thiazole rings is 1. The van der Waals surface area contributed by atoms with Gasteiger partial charge in [0.15, 0.2) is 0 Å². The molecule has 0 aliphatic carbocycles. The van der Waals surface area contributed by atoms with Crippen molar-refractivity contribution in [1.29, 1.82) is 5.41 Å². The quantitative estimate of drug-likeness (QED) is 0.599. The van der Waals surface area contributed by atoms with E-state index in [2.05, 4.69) is 20.9 Å². The molecule has 3 heterocycles. The molecule has 0 saturated carbocycles. The zero-order valence-corrected chi connectivity index (χ0v) is 15.6. The van der Waals surface area contributed by atoms with Crippen LogP contribution in [0.4, 0.5) is 5.69 Å². The van der Waals surface area contributed by atoms with Crippen molar-refractivity contribution in [3.63, 3.8) is 0 Å². The number of aliphatic hydroxyl groups excluding tert-OH is 1. The van der Waals surface area contributed by atoms with Gasteiger partial charge >= 0.3 is 0 Å². The molecule has 0 fully saturated rings. The molecule has 4 rings (SSSR count). The Morgan fingerprint density at radius 3 is 2.67 bits per heavy atom. The summed E-state index contributed by atoms with van der Waals surface area (Å²) in [5, 5.41) is 23.5. The predicted molar refractivity (Wildman–Crippen MR) is 104 cm³/mol. The monoisotopic (exact) mass is 417 g/mol. The fourth-order valence-electron chi connectivity index (χ4n) is 2.57. The van der Waals surface area contributed by atoms with Crippen molar-refractivity contribution in [2.75, 3.05) is 11.4 Å². The number of nitrogens with zero attached hydrogens (tertiary/aromatic N) is 2. The average Bonchev–Trinajstić information content (AvgIpc) is 3.28. The van der Waals surface area contributed by atoms with Crippen LogP contribution in [0.15, 0.2) is 57.4 Å². The number of hydrogen-bond acceptors (Lipinski definition) is 5. The molecule has 1 aliphatic rings. The van der Waals surface area contributed by atoms with Gasteiger partial charge in [0.05, 0.1) is 22.7 Å². The summed E-state index contributed by atoms with van der Waals surface area (Å²) in [6, 6.07) is 11.7. The fourth-order valence-corrected chi connectivity index (χ4v) is 4.48. The molecule has 0 spiro atoms. The van der Waals surface area contributed by atoms with Gasteiger partial charge in [0.2, 0.25) is 0 Å². The van der Waals surface area contributed by atoms with E-state index >= 15 is 0 Å². The van der Waals surface area contributed by atoms with Gasteiger partial charge < -0.3 is 10.0 Å². The molecule has 2 aromatic heterocycles. The smallest absolute Gasteiger partial charge is 0.139 e. The normalized spacial score (nSPS) is 14.7. The van der Waals surface area contributed by atoms with Gasteiger partial charge in [-0.05, 0) is 35.7 Å². The summed E-state index contributed by atoms with van der Waals surface area (Å²) in [5.41, 5.74) is 2.28. The van der Waals surface area contributed by atoms with Crippen molar-refractivity contribution in [2.24, 2.45) is 0 Å². The minimum atomic E-state index is 0.190. The number of nitrogens with one attached hydrogen (secondary N) is 1. The van der Waals surface area contributed by atoms with Crippen LogP contribution in [0.1, 0.15) is 5.01 Å². The summed E-state index contributed by atoms with van der Waals surface area (Å²) in [4.78, 5) is 7.48. The molecule has 4 nitrogen and oxygen atoms in total. The Morgan fingerprint density at radius 1 is 1.17 bits per heavy atom. The molecule has 0 radical (unpaired) electrons. The summed E-state index contributed by atoms with van der Waals surface area (Å²) < 4.78 is 0.981. The first-order chi connectivity index (χ1) is 11.6. The zero-order chi connectivity index (χ0) is 16.7. The number of thiophene rings is 1. The van der Waals surface area contributed by atoms with E-state index in [0.717, 1.165) is 20.7 Å². The van der Waals surface area contributed by atoms with Gasteiger partial charge in [0.25, 0.3) is 0 Å². The molecule has 0 atom stereocenters. The second-order valence-corrected chi connectivity index (χ2v) is 7.97. The Morgan fingerprint density at radius 2 is 1.96 bits per heavy atom. The molecule has 24 heavy (non-hydrogen) atoms. The second-order valence-electron chi connectivity index (χ2n) is 5.25. The van der Waals surface area contributed by atoms with Crippen molar-refractivity contribution >= 4 is 55.7 Å². The number of halogens is 1. The summed E-state index contributed by atoms with van der Waals surface area (Å²) in [5.74, 6) is 0.469. The highest BCUT2D eigenvalue weighted by atomic mass is 79.9. The highest BCUT2D eigenvalue weighted by Gasteiger charge is 2.31. The molecule has 2 N–H and O–H groups in total. The standard InChI is InChI=1S/C17H12BrN3OS2/c18-10-3-5-11(6-4-10)21-8-13(22)15(16(21)19)17-20-12(9-24-17)14-2-1-7-23-14/h1-7,9,19,22H,8H2.